The van der Waals surface area contributed by atoms with E-state index in [1.165, 1.54) is 64.9 Å². The Morgan fingerprint density at radius 2 is 1.93 bits per heavy atom. The van der Waals surface area contributed by atoms with Gasteiger partial charge < -0.3 is 14.2 Å². The van der Waals surface area contributed by atoms with Crippen LogP contribution in [-0.2, 0) is 19.0 Å². The average Bonchev–Trinajstić information content (AvgIpc) is 3.22. The average molecular weight is 421 g/mol. The molecule has 2 fully saturated rings. The Balaban J connectivity index is 1.67. The number of carbonyl (C=O) groups excluding carboxylic acids is 1. The Bertz CT molecular complexity index is 507. The third-order valence-corrected chi connectivity index (χ3v) is 6.46. The highest BCUT2D eigenvalue weighted by Crippen LogP contribution is 2.36. The topological polar surface area (TPSA) is 44.8 Å². The van der Waals surface area contributed by atoms with E-state index < -0.39 is 6.10 Å². The maximum absolute atomic E-state index is 12.0. The molecule has 4 heteroatoms. The van der Waals surface area contributed by atoms with Crippen LogP contribution in [0.3, 0.4) is 0 Å². The molecule has 1 saturated carbocycles. The molecule has 0 amide bonds. The van der Waals surface area contributed by atoms with E-state index in [4.69, 9.17) is 14.2 Å². The predicted molar refractivity (Wildman–Crippen MR) is 122 cm³/mol. The van der Waals surface area contributed by atoms with Gasteiger partial charge in [0, 0.05) is 13.0 Å². The van der Waals surface area contributed by atoms with E-state index in [1.807, 2.05) is 0 Å². The first-order valence-corrected chi connectivity index (χ1v) is 12.4. The van der Waals surface area contributed by atoms with Crippen LogP contribution in [0.15, 0.2) is 24.3 Å². The van der Waals surface area contributed by atoms with Crippen LogP contribution in [-0.4, -0.2) is 32.1 Å². The first-order chi connectivity index (χ1) is 14.7. The lowest BCUT2D eigenvalue weighted by atomic mass is 9.91. The van der Waals surface area contributed by atoms with Gasteiger partial charge in [0.1, 0.15) is 0 Å². The van der Waals surface area contributed by atoms with Gasteiger partial charge in [-0.3, -0.25) is 0 Å². The number of hydrogen-bond acceptors (Lipinski definition) is 4. The van der Waals surface area contributed by atoms with Crippen molar-refractivity contribution in [2.75, 3.05) is 13.7 Å². The summed E-state index contributed by atoms with van der Waals surface area (Å²) in [6, 6.07) is 0. The van der Waals surface area contributed by atoms with Crippen LogP contribution in [0, 0.1) is 11.8 Å². The van der Waals surface area contributed by atoms with Gasteiger partial charge in [-0.25, -0.2) is 4.79 Å². The molecule has 2 rings (SSSR count). The molecule has 172 valence electrons. The Labute approximate surface area is 184 Å². The second-order valence-corrected chi connectivity index (χ2v) is 8.86. The summed E-state index contributed by atoms with van der Waals surface area (Å²) in [6.45, 7) is 2.98. The van der Waals surface area contributed by atoms with Crippen molar-refractivity contribution < 1.29 is 19.0 Å². The van der Waals surface area contributed by atoms with E-state index in [2.05, 4.69) is 31.2 Å². The zero-order chi connectivity index (χ0) is 21.4. The maximum atomic E-state index is 12.0. The van der Waals surface area contributed by atoms with Gasteiger partial charge in [-0.05, 0) is 69.6 Å². The largest absolute Gasteiger partial charge is 0.467 e. The molecule has 0 aromatic rings. The van der Waals surface area contributed by atoms with Gasteiger partial charge in [-0.15, -0.1) is 0 Å². The van der Waals surface area contributed by atoms with Gasteiger partial charge in [-0.1, -0.05) is 56.9 Å². The lowest BCUT2D eigenvalue weighted by Crippen LogP contribution is -2.33. The summed E-state index contributed by atoms with van der Waals surface area (Å²) in [5.74, 6) is 1.26. The zero-order valence-corrected chi connectivity index (χ0v) is 19.4. The fraction of sp³-hybridized carbons (Fsp3) is 0.808. The van der Waals surface area contributed by atoms with Crippen LogP contribution in [0.1, 0.15) is 96.8 Å². The monoisotopic (exact) mass is 420 g/mol. The van der Waals surface area contributed by atoms with Crippen molar-refractivity contribution in [1.82, 2.24) is 0 Å². The highest BCUT2D eigenvalue weighted by atomic mass is 16.7. The number of rotatable bonds is 14. The summed E-state index contributed by atoms with van der Waals surface area (Å²) < 4.78 is 16.4. The second kappa shape index (κ2) is 15.6. The van der Waals surface area contributed by atoms with Gasteiger partial charge in [0.15, 0.2) is 12.4 Å². The van der Waals surface area contributed by atoms with E-state index in [0.717, 1.165) is 37.5 Å². The van der Waals surface area contributed by atoms with Crippen molar-refractivity contribution in [3.05, 3.63) is 24.3 Å². The minimum Gasteiger partial charge on any atom is -0.467 e. The lowest BCUT2D eigenvalue weighted by Gasteiger charge is -2.26. The summed E-state index contributed by atoms with van der Waals surface area (Å²) in [6.07, 6.45) is 24.9. The van der Waals surface area contributed by atoms with Crippen LogP contribution < -0.4 is 0 Å². The molecular formula is C26H44O4. The number of esters is 1. The molecule has 30 heavy (non-hydrogen) atoms. The summed E-state index contributed by atoms with van der Waals surface area (Å²) in [4.78, 5) is 12.0. The highest BCUT2D eigenvalue weighted by molar-refractivity contribution is 5.74. The summed E-state index contributed by atoms with van der Waals surface area (Å²) in [7, 11) is 1.42. The fourth-order valence-electron chi connectivity index (χ4n) is 4.63. The molecule has 0 bridgehead atoms. The van der Waals surface area contributed by atoms with Crippen molar-refractivity contribution in [3.63, 3.8) is 0 Å². The van der Waals surface area contributed by atoms with Crippen LogP contribution in [0.25, 0.3) is 0 Å². The first-order valence-electron chi connectivity index (χ1n) is 12.4. The Kier molecular flexibility index (Phi) is 13.1. The molecule has 4 nitrogen and oxygen atoms in total. The highest BCUT2D eigenvalue weighted by Gasteiger charge is 2.26. The Morgan fingerprint density at radius 1 is 1.03 bits per heavy atom. The standard InChI is InChI=1S/C26H44O4/c1-3-4-5-6-7-9-15-22-17-14-18-23(22)16-10-8-11-19-24(26(27)28-2)30-25-20-12-13-21-29-25/h8-9,11,15,22-25H,3-7,10,12-14,16-21H2,1-2H3/t22-,23-,24?,25?/m0/s1. The van der Waals surface area contributed by atoms with Crippen LogP contribution in [0.4, 0.5) is 0 Å². The van der Waals surface area contributed by atoms with Crippen LogP contribution >= 0.6 is 0 Å². The molecule has 0 aromatic carbocycles. The molecule has 1 heterocycles. The number of hydrogen-bond donors (Lipinski definition) is 0. The lowest BCUT2D eigenvalue weighted by molar-refractivity contribution is -0.201. The maximum Gasteiger partial charge on any atom is 0.335 e. The van der Waals surface area contributed by atoms with Gasteiger partial charge in [0.25, 0.3) is 0 Å². The number of carbonyl (C=O) groups is 1. The molecule has 0 spiro atoms. The second-order valence-electron chi connectivity index (χ2n) is 8.86. The van der Waals surface area contributed by atoms with E-state index in [-0.39, 0.29) is 12.3 Å². The fourth-order valence-corrected chi connectivity index (χ4v) is 4.63. The van der Waals surface area contributed by atoms with Gasteiger partial charge >= 0.3 is 5.97 Å². The molecule has 4 atom stereocenters. The number of unbranched alkanes of at least 4 members (excludes halogenated alkanes) is 4. The molecule has 0 N–H and O–H groups in total. The third-order valence-electron chi connectivity index (χ3n) is 6.46. The number of allylic oxidation sites excluding steroid dienone is 3. The normalized spacial score (nSPS) is 25.9. The summed E-state index contributed by atoms with van der Waals surface area (Å²) >= 11 is 0. The van der Waals surface area contributed by atoms with E-state index in [9.17, 15) is 4.79 Å². The molecule has 1 aliphatic heterocycles. The van der Waals surface area contributed by atoms with Crippen LogP contribution in [0.5, 0.6) is 0 Å². The van der Waals surface area contributed by atoms with E-state index in [1.54, 1.807) is 0 Å². The van der Waals surface area contributed by atoms with Crippen molar-refractivity contribution in [2.45, 2.75) is 109 Å². The van der Waals surface area contributed by atoms with Crippen molar-refractivity contribution in [1.29, 1.82) is 0 Å². The van der Waals surface area contributed by atoms with Gasteiger partial charge in [-0.2, -0.15) is 0 Å². The molecule has 1 aliphatic carbocycles. The van der Waals surface area contributed by atoms with Crippen molar-refractivity contribution >= 4 is 5.97 Å². The summed E-state index contributed by atoms with van der Waals surface area (Å²) in [5, 5.41) is 0. The molecule has 0 radical (unpaired) electrons. The molecule has 2 aliphatic rings. The Hall–Kier alpha value is -1.13. The van der Waals surface area contributed by atoms with Crippen molar-refractivity contribution in [3.8, 4) is 0 Å². The zero-order valence-electron chi connectivity index (χ0n) is 19.4. The SMILES string of the molecule is CCCCCCC=C[C@H]1CCC[C@@H]1CCC=CCC(OC1CCCCO1)C(=O)OC. The third kappa shape index (κ3) is 9.78. The smallest absolute Gasteiger partial charge is 0.335 e. The number of methoxy groups -OCH3 is 1. The Morgan fingerprint density at radius 3 is 2.70 bits per heavy atom. The molecule has 1 saturated heterocycles. The molecule has 2 unspecified atom stereocenters. The van der Waals surface area contributed by atoms with Gasteiger partial charge in [0.05, 0.1) is 7.11 Å². The molecule has 0 aromatic heterocycles. The van der Waals surface area contributed by atoms with Gasteiger partial charge in [0.2, 0.25) is 0 Å². The van der Waals surface area contributed by atoms with E-state index >= 15 is 0 Å². The van der Waals surface area contributed by atoms with Crippen molar-refractivity contribution in [2.24, 2.45) is 11.8 Å². The summed E-state index contributed by atoms with van der Waals surface area (Å²) in [5.41, 5.74) is 0. The minimum atomic E-state index is -0.566. The van der Waals surface area contributed by atoms with Crippen LogP contribution in [0.2, 0.25) is 0 Å². The quantitative estimate of drug-likeness (QED) is 0.177. The minimum absolute atomic E-state index is 0.274. The van der Waals surface area contributed by atoms with E-state index in [0.29, 0.717) is 13.0 Å². The first kappa shape index (κ1) is 25.1. The molecular weight excluding hydrogens is 376 g/mol. The predicted octanol–water partition coefficient (Wildman–Crippen LogP) is 6.74. The number of ether oxygens (including phenoxy) is 3.